The molecule has 3 aromatic rings. The number of halogens is 2. The maximum atomic E-state index is 14.0. The van der Waals surface area contributed by atoms with Crippen molar-refractivity contribution in [1.82, 2.24) is 0 Å². The largest absolute Gasteiger partial charge is 0.493 e. The third-order valence-electron chi connectivity index (χ3n) is 4.50. The Kier molecular flexibility index (Phi) is 5.75. The van der Waals surface area contributed by atoms with E-state index in [4.69, 9.17) is 14.2 Å². The molecule has 1 aliphatic rings. The van der Waals surface area contributed by atoms with E-state index in [1.807, 2.05) is 0 Å². The summed E-state index contributed by atoms with van der Waals surface area (Å²) in [6, 6.07) is 17.0. The summed E-state index contributed by atoms with van der Waals surface area (Å²) in [5.41, 5.74) is 1.39. The van der Waals surface area contributed by atoms with Gasteiger partial charge < -0.3 is 14.2 Å². The van der Waals surface area contributed by atoms with Crippen molar-refractivity contribution in [3.8, 4) is 11.5 Å². The number of methoxy groups -OCH3 is 1. The van der Waals surface area contributed by atoms with Crippen LogP contribution in [0.3, 0.4) is 0 Å². The predicted octanol–water partition coefficient (Wildman–Crippen LogP) is 4.90. The fraction of sp³-hybridized carbons (Fsp3) is 0.0833. The van der Waals surface area contributed by atoms with E-state index in [1.54, 1.807) is 36.4 Å². The summed E-state index contributed by atoms with van der Waals surface area (Å²) in [5, 5.41) is 0. The summed E-state index contributed by atoms with van der Waals surface area (Å²) in [7, 11) is 1.50. The zero-order valence-electron chi connectivity index (χ0n) is 16.5. The Labute approximate surface area is 177 Å². The lowest BCUT2D eigenvalue weighted by Crippen LogP contribution is -2.07. The first-order valence-corrected chi connectivity index (χ1v) is 9.36. The van der Waals surface area contributed by atoms with Crippen molar-refractivity contribution in [3.63, 3.8) is 0 Å². The molecule has 7 heteroatoms. The maximum absolute atomic E-state index is 14.0. The standard InChI is InChI=1S/C24H17F2NO4/c1-29-21-10-9-15(13-22(21)30-14-16-5-4-6-17(25)11-16)12-20-24(28)31-23(27-20)18-7-2-3-8-19(18)26/h2-13H,14H2,1H3/b20-12-. The molecule has 0 spiro atoms. The molecule has 4 rings (SSSR count). The van der Waals surface area contributed by atoms with Crippen LogP contribution in [-0.4, -0.2) is 19.0 Å². The van der Waals surface area contributed by atoms with Crippen molar-refractivity contribution in [1.29, 1.82) is 0 Å². The van der Waals surface area contributed by atoms with E-state index >= 15 is 0 Å². The Bertz CT molecular complexity index is 1200. The van der Waals surface area contributed by atoms with Gasteiger partial charge >= 0.3 is 5.97 Å². The Morgan fingerprint density at radius 2 is 1.84 bits per heavy atom. The lowest BCUT2D eigenvalue weighted by atomic mass is 10.1. The highest BCUT2D eigenvalue weighted by Gasteiger charge is 2.26. The van der Waals surface area contributed by atoms with Crippen LogP contribution < -0.4 is 9.47 Å². The minimum Gasteiger partial charge on any atom is -0.493 e. The molecular weight excluding hydrogens is 404 g/mol. The van der Waals surface area contributed by atoms with Gasteiger partial charge in [-0.15, -0.1) is 0 Å². The van der Waals surface area contributed by atoms with Gasteiger partial charge in [-0.3, -0.25) is 0 Å². The number of carbonyl (C=O) groups is 1. The first-order chi connectivity index (χ1) is 15.0. The van der Waals surface area contributed by atoms with Gasteiger partial charge in [-0.2, -0.15) is 0 Å². The molecule has 0 fully saturated rings. The minimum absolute atomic E-state index is 0.0273. The second-order valence-electron chi connectivity index (χ2n) is 6.64. The van der Waals surface area contributed by atoms with Gasteiger partial charge in [-0.25, -0.2) is 18.6 Å². The molecular formula is C24H17F2NO4. The van der Waals surface area contributed by atoms with Gasteiger partial charge in [0.25, 0.3) is 0 Å². The smallest absolute Gasteiger partial charge is 0.363 e. The molecule has 0 N–H and O–H groups in total. The highest BCUT2D eigenvalue weighted by molar-refractivity contribution is 6.12. The van der Waals surface area contributed by atoms with Gasteiger partial charge in [0.2, 0.25) is 5.90 Å². The van der Waals surface area contributed by atoms with Crippen LogP contribution in [-0.2, 0) is 16.1 Å². The van der Waals surface area contributed by atoms with Crippen molar-refractivity contribution < 1.29 is 27.8 Å². The number of esters is 1. The van der Waals surface area contributed by atoms with Crippen LogP contribution in [0.5, 0.6) is 11.5 Å². The molecule has 0 bridgehead atoms. The van der Waals surface area contributed by atoms with Crippen LogP contribution in [0, 0.1) is 11.6 Å². The number of carbonyl (C=O) groups excluding carboxylic acids is 1. The summed E-state index contributed by atoms with van der Waals surface area (Å²) in [6.07, 6.45) is 1.50. The zero-order chi connectivity index (χ0) is 21.8. The molecule has 3 aromatic carbocycles. The molecule has 0 aliphatic carbocycles. The molecule has 1 aliphatic heterocycles. The normalized spacial score (nSPS) is 14.4. The molecule has 0 radical (unpaired) electrons. The fourth-order valence-electron chi connectivity index (χ4n) is 3.00. The molecule has 0 unspecified atom stereocenters. The van der Waals surface area contributed by atoms with Gasteiger partial charge in [0.1, 0.15) is 18.2 Å². The van der Waals surface area contributed by atoms with Gasteiger partial charge in [-0.05, 0) is 53.6 Å². The Morgan fingerprint density at radius 1 is 1.00 bits per heavy atom. The second-order valence-corrected chi connectivity index (χ2v) is 6.64. The lowest BCUT2D eigenvalue weighted by Gasteiger charge is -2.11. The quantitative estimate of drug-likeness (QED) is 0.420. The molecule has 0 saturated carbocycles. The summed E-state index contributed by atoms with van der Waals surface area (Å²) >= 11 is 0. The van der Waals surface area contributed by atoms with Gasteiger partial charge in [0.15, 0.2) is 17.2 Å². The molecule has 0 amide bonds. The van der Waals surface area contributed by atoms with Crippen LogP contribution in [0.25, 0.3) is 6.08 Å². The number of hydrogen-bond acceptors (Lipinski definition) is 5. The Hall–Kier alpha value is -4.00. The van der Waals surface area contributed by atoms with Crippen molar-refractivity contribution in [2.24, 2.45) is 4.99 Å². The first-order valence-electron chi connectivity index (χ1n) is 9.36. The number of cyclic esters (lactones) is 1. The number of aliphatic imine (C=N–C) groups is 1. The number of nitrogens with zero attached hydrogens (tertiary/aromatic N) is 1. The summed E-state index contributed by atoms with van der Waals surface area (Å²) in [4.78, 5) is 16.3. The monoisotopic (exact) mass is 421 g/mol. The van der Waals surface area contributed by atoms with Crippen LogP contribution in [0.15, 0.2) is 77.4 Å². The van der Waals surface area contributed by atoms with Crippen molar-refractivity contribution in [3.05, 3.63) is 101 Å². The van der Waals surface area contributed by atoms with Gasteiger partial charge in [0.05, 0.1) is 12.7 Å². The fourth-order valence-corrected chi connectivity index (χ4v) is 3.00. The van der Waals surface area contributed by atoms with E-state index < -0.39 is 11.8 Å². The number of rotatable bonds is 6. The van der Waals surface area contributed by atoms with Crippen molar-refractivity contribution >= 4 is 17.9 Å². The molecule has 1 heterocycles. The summed E-state index contributed by atoms with van der Waals surface area (Å²) in [6.45, 7) is 0.131. The zero-order valence-corrected chi connectivity index (χ0v) is 16.5. The SMILES string of the molecule is COc1ccc(/C=C2\N=C(c3ccccc3F)OC2=O)cc1OCc1cccc(F)c1. The topological polar surface area (TPSA) is 57.1 Å². The average molecular weight is 421 g/mol. The van der Waals surface area contributed by atoms with E-state index in [0.29, 0.717) is 22.6 Å². The van der Waals surface area contributed by atoms with Crippen LogP contribution in [0.2, 0.25) is 0 Å². The van der Waals surface area contributed by atoms with Crippen LogP contribution >= 0.6 is 0 Å². The lowest BCUT2D eigenvalue weighted by molar-refractivity contribution is -0.129. The first kappa shape index (κ1) is 20.3. The minimum atomic E-state index is -0.684. The molecule has 0 saturated heterocycles. The molecule has 156 valence electrons. The Balaban J connectivity index is 1.59. The number of ether oxygens (including phenoxy) is 3. The van der Waals surface area contributed by atoms with E-state index in [0.717, 1.165) is 0 Å². The second kappa shape index (κ2) is 8.79. The molecule has 5 nitrogen and oxygen atoms in total. The maximum Gasteiger partial charge on any atom is 0.363 e. The number of benzene rings is 3. The van der Waals surface area contributed by atoms with Gasteiger partial charge in [0, 0.05) is 0 Å². The number of hydrogen-bond donors (Lipinski definition) is 0. The highest BCUT2D eigenvalue weighted by Crippen LogP contribution is 2.30. The van der Waals surface area contributed by atoms with Crippen molar-refractivity contribution in [2.45, 2.75) is 6.61 Å². The molecule has 31 heavy (non-hydrogen) atoms. The highest BCUT2D eigenvalue weighted by atomic mass is 19.1. The third-order valence-corrected chi connectivity index (χ3v) is 4.50. The average Bonchev–Trinajstić information content (AvgIpc) is 3.12. The van der Waals surface area contributed by atoms with E-state index in [1.165, 1.54) is 43.5 Å². The van der Waals surface area contributed by atoms with E-state index in [9.17, 15) is 13.6 Å². The van der Waals surface area contributed by atoms with E-state index in [-0.39, 0.29) is 29.6 Å². The Morgan fingerprint density at radius 3 is 2.61 bits per heavy atom. The van der Waals surface area contributed by atoms with Crippen LogP contribution in [0.1, 0.15) is 16.7 Å². The van der Waals surface area contributed by atoms with Crippen LogP contribution in [0.4, 0.5) is 8.78 Å². The third kappa shape index (κ3) is 4.61. The molecule has 0 aromatic heterocycles. The predicted molar refractivity (Wildman–Crippen MR) is 111 cm³/mol. The summed E-state index contributed by atoms with van der Waals surface area (Å²) in [5.74, 6) is -0.779. The van der Waals surface area contributed by atoms with E-state index in [2.05, 4.69) is 4.99 Å². The summed E-state index contributed by atoms with van der Waals surface area (Å²) < 4.78 is 43.6. The van der Waals surface area contributed by atoms with Gasteiger partial charge in [-0.1, -0.05) is 30.3 Å². The molecule has 0 atom stereocenters. The van der Waals surface area contributed by atoms with Crippen molar-refractivity contribution in [2.75, 3.05) is 7.11 Å².